The Morgan fingerprint density at radius 1 is 0.690 bits per heavy atom. The van der Waals surface area contributed by atoms with Gasteiger partial charge in [0.15, 0.2) is 14.1 Å². The Labute approximate surface area is 174 Å². The molecule has 4 nitrogen and oxygen atoms in total. The third-order valence-electron chi connectivity index (χ3n) is 4.85. The van der Waals surface area contributed by atoms with Crippen LogP contribution in [0.25, 0.3) is 0 Å². The van der Waals surface area contributed by atoms with Gasteiger partial charge in [0, 0.05) is 46.2 Å². The van der Waals surface area contributed by atoms with Gasteiger partial charge < -0.3 is 0 Å². The van der Waals surface area contributed by atoms with Gasteiger partial charge in [-0.05, 0) is 16.7 Å². The summed E-state index contributed by atoms with van der Waals surface area (Å²) >= 11 is 1.76. The van der Waals surface area contributed by atoms with Gasteiger partial charge in [-0.2, -0.15) is 0 Å². The summed E-state index contributed by atoms with van der Waals surface area (Å²) in [5, 5.41) is 0. The molecule has 0 saturated carbocycles. The predicted molar refractivity (Wildman–Crippen MR) is 116 cm³/mol. The zero-order valence-electron chi connectivity index (χ0n) is 16.3. The SMILES string of the molecule is C[N+]1=C=[N+](c2cccc(Sc3cccc([N+]4=C=[N+](C)c5ccccc54)c3)c2)C=C1. The third kappa shape index (κ3) is 3.39. The standard InChI is InChI=1S/C24H20N4S/c1-25-13-14-27(17-25)19-7-5-9-21(15-19)29-22-10-6-8-20(16-22)28-18-26(2)23-11-3-4-12-24(23)28/h3-16H,1-2H3/q+4. The Kier molecular flexibility index (Phi) is 4.34. The van der Waals surface area contributed by atoms with Gasteiger partial charge in [-0.15, -0.1) is 0 Å². The first-order valence-corrected chi connectivity index (χ1v) is 10.2. The van der Waals surface area contributed by atoms with Gasteiger partial charge in [-0.3, -0.25) is 0 Å². The highest BCUT2D eigenvalue weighted by atomic mass is 32.2. The van der Waals surface area contributed by atoms with Crippen LogP contribution >= 0.6 is 11.8 Å². The second-order valence-corrected chi connectivity index (χ2v) is 8.11. The van der Waals surface area contributed by atoms with Gasteiger partial charge in [0.2, 0.25) is 17.6 Å². The minimum absolute atomic E-state index is 1.10. The van der Waals surface area contributed by atoms with E-state index in [0.29, 0.717) is 0 Å². The van der Waals surface area contributed by atoms with E-state index in [2.05, 4.69) is 89.4 Å². The van der Waals surface area contributed by atoms with Crippen molar-refractivity contribution in [3.8, 4) is 0 Å². The summed E-state index contributed by atoms with van der Waals surface area (Å²) in [5.41, 5.74) is 4.52. The average molecular weight is 397 g/mol. The third-order valence-corrected chi connectivity index (χ3v) is 5.83. The van der Waals surface area contributed by atoms with Crippen LogP contribution in [0.3, 0.4) is 0 Å². The predicted octanol–water partition coefficient (Wildman–Crippen LogP) is 5.08. The van der Waals surface area contributed by atoms with Crippen LogP contribution in [0.2, 0.25) is 0 Å². The molecule has 0 unspecified atom stereocenters. The minimum atomic E-state index is 1.10. The highest BCUT2D eigenvalue weighted by Gasteiger charge is 2.32. The van der Waals surface area contributed by atoms with E-state index in [1.807, 2.05) is 40.2 Å². The zero-order chi connectivity index (χ0) is 19.8. The molecule has 2 aliphatic heterocycles. The smallest absolute Gasteiger partial charge is 0.0968 e. The summed E-state index contributed by atoms with van der Waals surface area (Å²) in [6.07, 6.45) is 4.00. The van der Waals surface area contributed by atoms with Crippen LogP contribution in [-0.2, 0) is 0 Å². The largest absolute Gasteiger partial charge is 0.496 e. The second kappa shape index (κ2) is 7.16. The van der Waals surface area contributed by atoms with E-state index in [0.717, 1.165) is 22.7 Å². The van der Waals surface area contributed by atoms with Gasteiger partial charge in [0.1, 0.15) is 0 Å². The van der Waals surface area contributed by atoms with Crippen molar-refractivity contribution in [2.75, 3.05) is 14.1 Å². The van der Waals surface area contributed by atoms with Crippen LogP contribution in [0.1, 0.15) is 0 Å². The molecule has 0 saturated heterocycles. The Morgan fingerprint density at radius 3 is 2.10 bits per heavy atom. The quantitative estimate of drug-likeness (QED) is 0.560. The van der Waals surface area contributed by atoms with Crippen LogP contribution in [0.15, 0.2) is 95.0 Å². The zero-order valence-corrected chi connectivity index (χ0v) is 17.1. The van der Waals surface area contributed by atoms with Crippen molar-refractivity contribution < 1.29 is 13.7 Å². The van der Waals surface area contributed by atoms with Crippen molar-refractivity contribution in [1.29, 1.82) is 0 Å². The molecule has 5 rings (SSSR count). The van der Waals surface area contributed by atoms with Crippen LogP contribution in [0.5, 0.6) is 0 Å². The Balaban J connectivity index is 1.46. The number of rotatable bonds is 4. The van der Waals surface area contributed by atoms with E-state index in [4.69, 9.17) is 0 Å². The van der Waals surface area contributed by atoms with Crippen LogP contribution in [-0.4, -0.2) is 39.8 Å². The molecule has 0 amide bonds. The molecule has 0 aliphatic carbocycles. The molecule has 0 aromatic heterocycles. The second-order valence-electron chi connectivity index (χ2n) is 6.96. The molecule has 29 heavy (non-hydrogen) atoms. The van der Waals surface area contributed by atoms with Crippen molar-refractivity contribution in [3.05, 3.63) is 85.2 Å². The maximum Gasteiger partial charge on any atom is 0.496 e. The van der Waals surface area contributed by atoms with Crippen molar-refractivity contribution in [3.63, 3.8) is 0 Å². The van der Waals surface area contributed by atoms with Gasteiger partial charge >= 0.3 is 12.0 Å². The number of hydrogen-bond donors (Lipinski definition) is 0. The first-order chi connectivity index (χ1) is 14.2. The average Bonchev–Trinajstić information content (AvgIpc) is 3.32. The first kappa shape index (κ1) is 17.6. The maximum atomic E-state index is 3.41. The molecule has 2 heterocycles. The lowest BCUT2D eigenvalue weighted by Gasteiger charge is -2.02. The molecule has 2 aliphatic rings. The summed E-state index contributed by atoms with van der Waals surface area (Å²) < 4.78 is 8.07. The summed E-state index contributed by atoms with van der Waals surface area (Å²) in [6.45, 7) is 0. The molecular weight excluding hydrogens is 376 g/mol. The summed E-state index contributed by atoms with van der Waals surface area (Å²) in [6, 6.07) is 32.1. The van der Waals surface area contributed by atoms with Crippen molar-refractivity contribution >= 4 is 46.5 Å². The minimum Gasteiger partial charge on any atom is -0.0968 e. The molecule has 3 aromatic rings. The molecule has 5 heteroatoms. The lowest BCUT2D eigenvalue weighted by Crippen LogP contribution is -1.99. The summed E-state index contributed by atoms with van der Waals surface area (Å²) in [7, 11) is 4.00. The van der Waals surface area contributed by atoms with E-state index in [9.17, 15) is 0 Å². The molecule has 0 spiro atoms. The highest BCUT2D eigenvalue weighted by Crippen LogP contribution is 2.35. The van der Waals surface area contributed by atoms with E-state index in [-0.39, 0.29) is 0 Å². The lowest BCUT2D eigenvalue weighted by atomic mass is 10.2. The van der Waals surface area contributed by atoms with E-state index in [1.54, 1.807) is 11.8 Å². The van der Waals surface area contributed by atoms with Gasteiger partial charge in [0.05, 0.1) is 0 Å². The monoisotopic (exact) mass is 396 g/mol. The Bertz CT molecular complexity index is 1320. The fourth-order valence-corrected chi connectivity index (χ4v) is 4.38. The summed E-state index contributed by atoms with van der Waals surface area (Å²) in [4.78, 5) is 2.38. The highest BCUT2D eigenvalue weighted by molar-refractivity contribution is 7.99. The first-order valence-electron chi connectivity index (χ1n) is 9.41. The number of hydrogen-bond acceptors (Lipinski definition) is 1. The van der Waals surface area contributed by atoms with E-state index in [1.165, 1.54) is 9.79 Å². The molecule has 0 radical (unpaired) electrons. The van der Waals surface area contributed by atoms with Crippen LogP contribution in [0, 0.1) is 0 Å². The van der Waals surface area contributed by atoms with Gasteiger partial charge in [-0.1, -0.05) is 49.8 Å². The maximum absolute atomic E-state index is 3.41. The molecule has 0 atom stereocenters. The number of fused-ring (bicyclic) bond motifs is 1. The van der Waals surface area contributed by atoms with E-state index < -0.39 is 0 Å². The molecule has 3 aromatic carbocycles. The number of para-hydroxylation sites is 2. The fraction of sp³-hybridized carbons (Fsp3) is 0.0833. The topological polar surface area (TPSA) is 12.0 Å². The fourth-order valence-electron chi connectivity index (χ4n) is 3.46. The Morgan fingerprint density at radius 2 is 1.38 bits per heavy atom. The number of benzene rings is 3. The number of nitrogens with zero attached hydrogens (tertiary/aromatic N) is 4. The lowest BCUT2D eigenvalue weighted by molar-refractivity contribution is -0.429. The Hall–Kier alpha value is -3.49. The molecule has 0 fully saturated rings. The van der Waals surface area contributed by atoms with Crippen LogP contribution < -0.4 is 4.58 Å². The van der Waals surface area contributed by atoms with Gasteiger partial charge in [-0.25, -0.2) is 0 Å². The molecule has 138 valence electrons. The summed E-state index contributed by atoms with van der Waals surface area (Å²) in [5.74, 6) is 0. The molecule has 0 N–H and O–H groups in total. The van der Waals surface area contributed by atoms with Crippen LogP contribution in [0.4, 0.5) is 22.7 Å². The molecule has 0 bridgehead atoms. The van der Waals surface area contributed by atoms with Crippen molar-refractivity contribution in [1.82, 2.24) is 4.58 Å². The van der Waals surface area contributed by atoms with Gasteiger partial charge in [0.25, 0.3) is 17.6 Å². The molecular formula is C24H20N4S+4. The van der Waals surface area contributed by atoms with Crippen molar-refractivity contribution in [2.45, 2.75) is 9.79 Å². The van der Waals surface area contributed by atoms with Crippen molar-refractivity contribution in [2.24, 2.45) is 0 Å². The van der Waals surface area contributed by atoms with E-state index >= 15 is 0 Å². The normalized spacial score (nSPS) is 14.3.